The van der Waals surface area contributed by atoms with E-state index in [2.05, 4.69) is 25.9 Å². The summed E-state index contributed by atoms with van der Waals surface area (Å²) in [4.78, 5) is 11.6. The third-order valence-electron chi connectivity index (χ3n) is 3.38. The van der Waals surface area contributed by atoms with Gasteiger partial charge in [-0.1, -0.05) is 19.1 Å². The Morgan fingerprint density at radius 3 is 2.83 bits per heavy atom. The lowest BCUT2D eigenvalue weighted by Gasteiger charge is -2.07. The molecular weight excluding hydrogens is 311 g/mol. The zero-order valence-electron chi connectivity index (χ0n) is 13.2. The van der Waals surface area contributed by atoms with E-state index in [1.807, 2.05) is 6.92 Å². The minimum absolute atomic E-state index is 0.107. The van der Waals surface area contributed by atoms with Gasteiger partial charge in [-0.3, -0.25) is 4.79 Å². The number of nitrogens with zero attached hydrogens (tertiary/aromatic N) is 4. The van der Waals surface area contributed by atoms with Gasteiger partial charge in [0, 0.05) is 6.54 Å². The Labute approximate surface area is 137 Å². The molecule has 3 rings (SSSR count). The summed E-state index contributed by atoms with van der Waals surface area (Å²) >= 11 is 0. The quantitative estimate of drug-likeness (QED) is 0.722. The second-order valence-corrected chi connectivity index (χ2v) is 5.20. The van der Waals surface area contributed by atoms with Crippen LogP contribution in [0.3, 0.4) is 0 Å². The molecule has 0 bridgehead atoms. The first-order chi connectivity index (χ1) is 11.7. The van der Waals surface area contributed by atoms with Crippen molar-refractivity contribution in [3.63, 3.8) is 0 Å². The van der Waals surface area contributed by atoms with E-state index in [-0.39, 0.29) is 12.5 Å². The molecule has 2 heterocycles. The van der Waals surface area contributed by atoms with Gasteiger partial charge in [-0.15, -0.1) is 15.3 Å². The number of hydrogen-bond donors (Lipinski definition) is 2. The number of carbonyl (C=O) groups is 1. The monoisotopic (exact) mass is 328 g/mol. The van der Waals surface area contributed by atoms with Crippen LogP contribution in [0.2, 0.25) is 0 Å². The summed E-state index contributed by atoms with van der Waals surface area (Å²) in [6.45, 7) is 2.73. The van der Waals surface area contributed by atoms with Crippen molar-refractivity contribution in [1.82, 2.24) is 25.1 Å². The van der Waals surface area contributed by atoms with E-state index < -0.39 is 5.82 Å². The number of fused-ring (bicyclic) bond motifs is 1. The second-order valence-electron chi connectivity index (χ2n) is 5.20. The van der Waals surface area contributed by atoms with Gasteiger partial charge >= 0.3 is 0 Å². The Morgan fingerprint density at radius 2 is 2.04 bits per heavy atom. The summed E-state index contributed by atoms with van der Waals surface area (Å²) in [5.74, 6) is 0.274. The van der Waals surface area contributed by atoms with Gasteiger partial charge in [0.15, 0.2) is 11.5 Å². The number of benzene rings is 1. The van der Waals surface area contributed by atoms with Gasteiger partial charge in [-0.25, -0.2) is 4.39 Å². The fourth-order valence-electron chi connectivity index (χ4n) is 2.19. The molecule has 0 saturated heterocycles. The third kappa shape index (κ3) is 3.32. The number of amides is 1. The number of hydrogen-bond acceptors (Lipinski definition) is 5. The smallest absolute Gasteiger partial charge is 0.239 e. The maximum Gasteiger partial charge on any atom is 0.239 e. The van der Waals surface area contributed by atoms with E-state index in [0.29, 0.717) is 29.4 Å². The van der Waals surface area contributed by atoms with Crippen LogP contribution in [0.1, 0.15) is 13.3 Å². The molecule has 3 aromatic rings. The predicted octanol–water partition coefficient (Wildman–Crippen LogP) is 1.87. The van der Waals surface area contributed by atoms with Crippen LogP contribution < -0.4 is 10.6 Å². The molecule has 0 unspecified atom stereocenters. The molecule has 0 aliphatic rings. The topological polar surface area (TPSA) is 84.2 Å². The Hall–Kier alpha value is -3.03. The van der Waals surface area contributed by atoms with Crippen LogP contribution in [0, 0.1) is 5.82 Å². The van der Waals surface area contributed by atoms with Crippen molar-refractivity contribution >= 4 is 17.4 Å². The summed E-state index contributed by atoms with van der Waals surface area (Å²) in [7, 11) is 0. The van der Waals surface area contributed by atoms with Gasteiger partial charge in [0.05, 0.1) is 12.1 Å². The highest BCUT2D eigenvalue weighted by Crippen LogP contribution is 2.21. The van der Waals surface area contributed by atoms with Gasteiger partial charge in [-0.05, 0) is 30.7 Å². The predicted molar refractivity (Wildman–Crippen MR) is 88.0 cm³/mol. The van der Waals surface area contributed by atoms with Gasteiger partial charge in [0.25, 0.3) is 0 Å². The lowest BCUT2D eigenvalue weighted by molar-refractivity contribution is -0.119. The molecule has 124 valence electrons. The van der Waals surface area contributed by atoms with E-state index in [4.69, 9.17) is 0 Å². The van der Waals surface area contributed by atoms with E-state index in [9.17, 15) is 9.18 Å². The molecule has 0 fully saturated rings. The fraction of sp³-hybridized carbons (Fsp3) is 0.250. The third-order valence-corrected chi connectivity index (χ3v) is 3.38. The van der Waals surface area contributed by atoms with E-state index in [0.717, 1.165) is 6.42 Å². The highest BCUT2D eigenvalue weighted by Gasteiger charge is 2.13. The molecule has 24 heavy (non-hydrogen) atoms. The Balaban J connectivity index is 1.84. The van der Waals surface area contributed by atoms with Crippen molar-refractivity contribution in [1.29, 1.82) is 0 Å². The van der Waals surface area contributed by atoms with Crippen LogP contribution in [0.4, 0.5) is 10.2 Å². The van der Waals surface area contributed by atoms with Crippen molar-refractivity contribution in [3.05, 3.63) is 42.2 Å². The van der Waals surface area contributed by atoms with Crippen molar-refractivity contribution in [2.45, 2.75) is 13.3 Å². The molecule has 1 aromatic carbocycles. The Bertz CT molecular complexity index is 863. The summed E-state index contributed by atoms with van der Waals surface area (Å²) in [6.07, 6.45) is 0.878. The lowest BCUT2D eigenvalue weighted by Crippen LogP contribution is -2.30. The van der Waals surface area contributed by atoms with Gasteiger partial charge in [0.2, 0.25) is 5.91 Å². The van der Waals surface area contributed by atoms with Crippen molar-refractivity contribution in [2.75, 3.05) is 18.4 Å². The highest BCUT2D eigenvalue weighted by atomic mass is 19.1. The number of aromatic nitrogens is 4. The number of anilines is 1. The summed E-state index contributed by atoms with van der Waals surface area (Å²) < 4.78 is 15.4. The SMILES string of the molecule is CCCNC(=O)CNc1ccc2nnc(-c3ccccc3F)n2n1. The summed E-state index contributed by atoms with van der Waals surface area (Å²) in [6, 6.07) is 9.71. The summed E-state index contributed by atoms with van der Waals surface area (Å²) in [5.41, 5.74) is 0.810. The number of carbonyl (C=O) groups excluding carboxylic acids is 1. The van der Waals surface area contributed by atoms with E-state index in [1.165, 1.54) is 10.6 Å². The first kappa shape index (κ1) is 15.9. The Kier molecular flexibility index (Phi) is 4.64. The molecule has 0 radical (unpaired) electrons. The van der Waals surface area contributed by atoms with E-state index >= 15 is 0 Å². The van der Waals surface area contributed by atoms with Gasteiger partial charge in [-0.2, -0.15) is 4.52 Å². The average Bonchev–Trinajstić information content (AvgIpc) is 3.01. The maximum atomic E-state index is 14.0. The fourth-order valence-corrected chi connectivity index (χ4v) is 2.19. The second kappa shape index (κ2) is 7.03. The lowest BCUT2D eigenvalue weighted by atomic mass is 10.2. The molecule has 0 aliphatic carbocycles. The van der Waals surface area contributed by atoms with Crippen LogP contribution in [0.5, 0.6) is 0 Å². The van der Waals surface area contributed by atoms with Crippen LogP contribution >= 0.6 is 0 Å². The molecular formula is C16H17FN6O. The van der Waals surface area contributed by atoms with Crippen molar-refractivity contribution < 1.29 is 9.18 Å². The molecule has 0 aliphatic heterocycles. The molecule has 0 atom stereocenters. The average molecular weight is 328 g/mol. The van der Waals surface area contributed by atoms with Crippen LogP contribution in [0.25, 0.3) is 17.0 Å². The van der Waals surface area contributed by atoms with Crippen molar-refractivity contribution in [3.8, 4) is 11.4 Å². The normalized spacial score (nSPS) is 10.8. The summed E-state index contributed by atoms with van der Waals surface area (Å²) in [5, 5.41) is 18.0. The van der Waals surface area contributed by atoms with E-state index in [1.54, 1.807) is 30.3 Å². The molecule has 2 N–H and O–H groups in total. The van der Waals surface area contributed by atoms with Crippen LogP contribution in [0.15, 0.2) is 36.4 Å². The minimum atomic E-state index is -0.397. The Morgan fingerprint density at radius 1 is 1.21 bits per heavy atom. The van der Waals surface area contributed by atoms with Gasteiger partial charge < -0.3 is 10.6 Å². The molecule has 7 nitrogen and oxygen atoms in total. The van der Waals surface area contributed by atoms with Crippen molar-refractivity contribution in [2.24, 2.45) is 0 Å². The number of rotatable bonds is 6. The highest BCUT2D eigenvalue weighted by molar-refractivity contribution is 5.80. The van der Waals surface area contributed by atoms with Crippen LogP contribution in [-0.2, 0) is 4.79 Å². The maximum absolute atomic E-state index is 14.0. The molecule has 0 spiro atoms. The minimum Gasteiger partial charge on any atom is -0.360 e. The zero-order chi connectivity index (χ0) is 16.9. The molecule has 1 amide bonds. The first-order valence-electron chi connectivity index (χ1n) is 7.67. The van der Waals surface area contributed by atoms with Gasteiger partial charge in [0.1, 0.15) is 11.6 Å². The zero-order valence-corrected chi connectivity index (χ0v) is 13.2. The van der Waals surface area contributed by atoms with Crippen LogP contribution in [-0.4, -0.2) is 38.8 Å². The number of nitrogens with one attached hydrogen (secondary N) is 2. The number of halogens is 1. The first-order valence-corrected chi connectivity index (χ1v) is 7.67. The molecule has 8 heteroatoms. The standard InChI is InChI=1S/C16H17FN6O/c1-2-9-18-15(24)10-19-13-7-8-14-20-21-16(23(14)22-13)11-5-3-4-6-12(11)17/h3-8H,2,9-10H2,1H3,(H,18,24)(H,19,22). The molecule has 0 saturated carbocycles. The molecule has 2 aromatic heterocycles. The largest absolute Gasteiger partial charge is 0.360 e.